The third-order valence-corrected chi connectivity index (χ3v) is 2.37. The first-order valence-corrected chi connectivity index (χ1v) is 5.17. The van der Waals surface area contributed by atoms with Gasteiger partial charge >= 0.3 is 5.97 Å². The van der Waals surface area contributed by atoms with E-state index in [1.54, 1.807) is 30.4 Å². The van der Waals surface area contributed by atoms with E-state index in [1.165, 1.54) is 0 Å². The third-order valence-electron chi connectivity index (χ3n) is 2.37. The molecule has 2 heterocycles. The van der Waals surface area contributed by atoms with Gasteiger partial charge in [-0.3, -0.25) is 9.78 Å². The van der Waals surface area contributed by atoms with Crippen molar-refractivity contribution < 1.29 is 9.90 Å². The van der Waals surface area contributed by atoms with E-state index in [0.29, 0.717) is 18.0 Å². The number of aliphatic carboxylic acids is 1. The van der Waals surface area contributed by atoms with Crippen molar-refractivity contribution in [3.05, 3.63) is 24.5 Å². The summed E-state index contributed by atoms with van der Waals surface area (Å²) in [7, 11) is 1.80. The molecule has 0 aliphatic rings. The number of hydrogen-bond acceptors (Lipinski definition) is 5. The molecule has 0 unspecified atom stereocenters. The van der Waals surface area contributed by atoms with Crippen LogP contribution in [0.4, 0.5) is 5.82 Å². The summed E-state index contributed by atoms with van der Waals surface area (Å²) in [4.78, 5) is 24.8. The number of anilines is 1. The summed E-state index contributed by atoms with van der Waals surface area (Å²) < 4.78 is 0. The van der Waals surface area contributed by atoms with Crippen LogP contribution in [0.25, 0.3) is 11.2 Å². The molecule has 0 saturated carbocycles. The van der Waals surface area contributed by atoms with Crippen molar-refractivity contribution in [2.24, 2.45) is 0 Å². The average Bonchev–Trinajstić information content (AvgIpc) is 2.35. The van der Waals surface area contributed by atoms with Gasteiger partial charge in [-0.1, -0.05) is 0 Å². The predicted octanol–water partition coefficient (Wildman–Crippen LogP) is 0.936. The Morgan fingerprint density at radius 3 is 2.88 bits per heavy atom. The van der Waals surface area contributed by atoms with Gasteiger partial charge in [0.25, 0.3) is 0 Å². The average molecular weight is 232 g/mol. The number of fused-ring (bicyclic) bond motifs is 1. The third kappa shape index (κ3) is 2.66. The molecule has 0 bridgehead atoms. The molecule has 0 amide bonds. The van der Waals surface area contributed by atoms with E-state index in [0.717, 1.165) is 5.52 Å². The number of hydrogen-bond donors (Lipinski definition) is 1. The highest BCUT2D eigenvalue weighted by molar-refractivity contribution is 5.72. The van der Waals surface area contributed by atoms with Crippen LogP contribution < -0.4 is 4.90 Å². The second kappa shape index (κ2) is 4.73. The number of nitrogens with zero attached hydrogens (tertiary/aromatic N) is 4. The first-order chi connectivity index (χ1) is 8.16. The van der Waals surface area contributed by atoms with Crippen LogP contribution in [0.3, 0.4) is 0 Å². The molecule has 0 fully saturated rings. The van der Waals surface area contributed by atoms with Crippen LogP contribution in [0, 0.1) is 0 Å². The van der Waals surface area contributed by atoms with Gasteiger partial charge < -0.3 is 10.0 Å². The van der Waals surface area contributed by atoms with Gasteiger partial charge in [-0.25, -0.2) is 9.97 Å². The molecular weight excluding hydrogens is 220 g/mol. The molecule has 88 valence electrons. The number of aromatic nitrogens is 3. The fraction of sp³-hybridized carbons (Fsp3) is 0.273. The molecular formula is C11H12N4O2. The molecule has 17 heavy (non-hydrogen) atoms. The van der Waals surface area contributed by atoms with Crippen LogP contribution >= 0.6 is 0 Å². The van der Waals surface area contributed by atoms with Gasteiger partial charge in [0.1, 0.15) is 11.3 Å². The van der Waals surface area contributed by atoms with E-state index < -0.39 is 5.97 Å². The molecule has 0 radical (unpaired) electrons. The Labute approximate surface area is 97.9 Å². The largest absolute Gasteiger partial charge is 0.481 e. The van der Waals surface area contributed by atoms with E-state index in [4.69, 9.17) is 5.11 Å². The van der Waals surface area contributed by atoms with Crippen molar-refractivity contribution in [3.8, 4) is 0 Å². The van der Waals surface area contributed by atoms with E-state index in [-0.39, 0.29) is 6.42 Å². The second-order valence-corrected chi connectivity index (χ2v) is 3.63. The number of carboxylic acids is 1. The first-order valence-electron chi connectivity index (χ1n) is 5.17. The molecule has 0 atom stereocenters. The van der Waals surface area contributed by atoms with Crippen molar-refractivity contribution >= 4 is 23.0 Å². The normalized spacial score (nSPS) is 10.4. The lowest BCUT2D eigenvalue weighted by atomic mass is 10.3. The summed E-state index contributed by atoms with van der Waals surface area (Å²) >= 11 is 0. The zero-order chi connectivity index (χ0) is 12.3. The summed E-state index contributed by atoms with van der Waals surface area (Å²) in [5.74, 6) is -0.128. The lowest BCUT2D eigenvalue weighted by Gasteiger charge is -2.16. The first kappa shape index (κ1) is 11.3. The Balaban J connectivity index is 2.20. The maximum absolute atomic E-state index is 10.5. The monoisotopic (exact) mass is 232 g/mol. The van der Waals surface area contributed by atoms with E-state index >= 15 is 0 Å². The predicted molar refractivity (Wildman–Crippen MR) is 62.9 cm³/mol. The van der Waals surface area contributed by atoms with E-state index in [2.05, 4.69) is 15.0 Å². The van der Waals surface area contributed by atoms with Crippen molar-refractivity contribution in [1.29, 1.82) is 0 Å². The fourth-order valence-electron chi connectivity index (χ4n) is 1.43. The maximum Gasteiger partial charge on any atom is 0.305 e. The van der Waals surface area contributed by atoms with Gasteiger partial charge in [0.05, 0.1) is 6.42 Å². The molecule has 0 aromatic carbocycles. The molecule has 0 aliphatic carbocycles. The summed E-state index contributed by atoms with van der Waals surface area (Å²) in [5, 5.41) is 8.61. The van der Waals surface area contributed by atoms with Crippen molar-refractivity contribution in [1.82, 2.24) is 15.0 Å². The van der Waals surface area contributed by atoms with Crippen molar-refractivity contribution in [2.45, 2.75) is 6.42 Å². The number of rotatable bonds is 4. The van der Waals surface area contributed by atoms with Gasteiger partial charge in [0.2, 0.25) is 0 Å². The van der Waals surface area contributed by atoms with Gasteiger partial charge in [-0.15, -0.1) is 0 Å². The van der Waals surface area contributed by atoms with Gasteiger partial charge in [0, 0.05) is 26.0 Å². The Morgan fingerprint density at radius 1 is 1.35 bits per heavy atom. The molecule has 2 rings (SSSR count). The maximum atomic E-state index is 10.5. The van der Waals surface area contributed by atoms with Crippen LogP contribution in [-0.2, 0) is 4.79 Å². The Bertz CT molecular complexity index is 544. The van der Waals surface area contributed by atoms with E-state index in [1.807, 2.05) is 6.07 Å². The van der Waals surface area contributed by atoms with Crippen LogP contribution in [0.1, 0.15) is 6.42 Å². The summed E-state index contributed by atoms with van der Waals surface area (Å²) in [6.45, 7) is 0.411. The van der Waals surface area contributed by atoms with Crippen molar-refractivity contribution in [2.75, 3.05) is 18.5 Å². The van der Waals surface area contributed by atoms with Gasteiger partial charge in [-0.2, -0.15) is 0 Å². The Morgan fingerprint density at radius 2 is 2.12 bits per heavy atom. The Hall–Kier alpha value is -2.24. The van der Waals surface area contributed by atoms with Gasteiger partial charge in [0.15, 0.2) is 5.65 Å². The molecule has 2 aromatic rings. The lowest BCUT2D eigenvalue weighted by Crippen LogP contribution is -2.21. The Kier molecular flexibility index (Phi) is 3.13. The number of pyridine rings is 1. The summed E-state index contributed by atoms with van der Waals surface area (Å²) in [5.41, 5.74) is 1.29. The van der Waals surface area contributed by atoms with Crippen LogP contribution in [-0.4, -0.2) is 39.6 Å². The summed E-state index contributed by atoms with van der Waals surface area (Å²) in [6.07, 6.45) is 3.27. The molecule has 6 nitrogen and oxygen atoms in total. The highest BCUT2D eigenvalue weighted by Crippen LogP contribution is 2.13. The molecule has 0 aliphatic heterocycles. The van der Waals surface area contributed by atoms with Crippen LogP contribution in [0.5, 0.6) is 0 Å². The standard InChI is InChI=1S/C11H12N4O2/c1-15(7-4-10(16)17)9-3-2-8-11(14-9)13-6-5-12-8/h2-3,5-6H,4,7H2,1H3,(H,16,17). The number of carbonyl (C=O) groups is 1. The minimum Gasteiger partial charge on any atom is -0.481 e. The van der Waals surface area contributed by atoms with Crippen LogP contribution in [0.15, 0.2) is 24.5 Å². The van der Waals surface area contributed by atoms with Gasteiger partial charge in [-0.05, 0) is 12.1 Å². The topological polar surface area (TPSA) is 79.2 Å². The molecule has 6 heteroatoms. The molecule has 0 spiro atoms. The SMILES string of the molecule is CN(CCC(=O)O)c1ccc2nccnc2n1. The minimum atomic E-state index is -0.822. The smallest absolute Gasteiger partial charge is 0.305 e. The number of carboxylic acid groups (broad SMARTS) is 1. The highest BCUT2D eigenvalue weighted by atomic mass is 16.4. The fourth-order valence-corrected chi connectivity index (χ4v) is 1.43. The lowest BCUT2D eigenvalue weighted by molar-refractivity contribution is -0.136. The van der Waals surface area contributed by atoms with E-state index in [9.17, 15) is 4.79 Å². The summed E-state index contributed by atoms with van der Waals surface area (Å²) in [6, 6.07) is 3.63. The highest BCUT2D eigenvalue weighted by Gasteiger charge is 2.06. The quantitative estimate of drug-likeness (QED) is 0.845. The molecule has 2 aromatic heterocycles. The van der Waals surface area contributed by atoms with Crippen molar-refractivity contribution in [3.63, 3.8) is 0 Å². The molecule has 0 saturated heterocycles. The zero-order valence-corrected chi connectivity index (χ0v) is 9.37. The molecule has 1 N–H and O–H groups in total. The zero-order valence-electron chi connectivity index (χ0n) is 9.37. The minimum absolute atomic E-state index is 0.0800. The van der Waals surface area contributed by atoms with Crippen LogP contribution in [0.2, 0.25) is 0 Å². The second-order valence-electron chi connectivity index (χ2n) is 3.63.